The van der Waals surface area contributed by atoms with Gasteiger partial charge in [0.05, 0.1) is 16.8 Å². The first-order valence-electron chi connectivity index (χ1n) is 8.64. The van der Waals surface area contributed by atoms with E-state index in [1.54, 1.807) is 6.07 Å². The van der Waals surface area contributed by atoms with Crippen molar-refractivity contribution in [1.29, 1.82) is 0 Å². The molecule has 0 bridgehead atoms. The highest BCUT2D eigenvalue weighted by molar-refractivity contribution is 7.92. The van der Waals surface area contributed by atoms with Crippen LogP contribution in [0, 0.1) is 0 Å². The summed E-state index contributed by atoms with van der Waals surface area (Å²) in [7, 11) is -1.80. The lowest BCUT2D eigenvalue weighted by molar-refractivity contribution is 0.0985. The van der Waals surface area contributed by atoms with E-state index in [0.29, 0.717) is 10.6 Å². The number of carbonyl (C=O) groups is 1. The average Bonchev–Trinajstić information content (AvgIpc) is 3.19. The maximum atomic E-state index is 13.2. The lowest BCUT2D eigenvalue weighted by Gasteiger charge is -2.21. The number of para-hydroxylation sites is 1. The Morgan fingerprint density at radius 2 is 1.93 bits per heavy atom. The van der Waals surface area contributed by atoms with Crippen LogP contribution < -0.4 is 9.21 Å². The second-order valence-electron chi connectivity index (χ2n) is 6.92. The van der Waals surface area contributed by atoms with Crippen LogP contribution in [-0.2, 0) is 16.4 Å². The van der Waals surface area contributed by atoms with Crippen molar-refractivity contribution >= 4 is 48.7 Å². The highest BCUT2D eigenvalue weighted by atomic mass is 32.2. The minimum absolute atomic E-state index is 0.00772. The molecule has 0 saturated heterocycles. The smallest absolute Gasteiger partial charge is 0.268 e. The van der Waals surface area contributed by atoms with E-state index in [1.807, 2.05) is 41.3 Å². The minimum atomic E-state index is -3.33. The number of amides is 1. The summed E-state index contributed by atoms with van der Waals surface area (Å²) >= 11 is 1.44. The molecular formula is C20H20N2O3S2. The molecule has 140 valence electrons. The molecular weight excluding hydrogens is 380 g/mol. The van der Waals surface area contributed by atoms with E-state index in [9.17, 15) is 13.2 Å². The number of fused-ring (bicyclic) bond motifs is 2. The number of hydrogen-bond acceptors (Lipinski definition) is 4. The molecule has 0 aliphatic carbocycles. The van der Waals surface area contributed by atoms with Crippen LogP contribution >= 0.6 is 11.3 Å². The molecule has 1 amide bonds. The highest BCUT2D eigenvalue weighted by Crippen LogP contribution is 2.36. The highest BCUT2D eigenvalue weighted by Gasteiger charge is 2.32. The van der Waals surface area contributed by atoms with E-state index in [-0.39, 0.29) is 11.9 Å². The zero-order valence-electron chi connectivity index (χ0n) is 15.3. The maximum absolute atomic E-state index is 13.2. The molecule has 5 nitrogen and oxygen atoms in total. The Balaban J connectivity index is 1.71. The molecule has 7 heteroatoms. The standard InChI is InChI=1S/C20H20N2O3S2/c1-13-10-14-6-4-5-7-17(14)22(13)20(23)19-12-15-11-16(8-9-18(15)26-19)21(2)27(3,24)25/h4-9,11-13H,10H2,1-3H3/t13-/m1/s1. The SMILES string of the molecule is C[C@@H]1Cc2ccccc2N1C(=O)c1cc2cc(N(C)S(C)(=O)=O)ccc2s1. The molecule has 4 rings (SSSR count). The Morgan fingerprint density at radius 3 is 2.67 bits per heavy atom. The fraction of sp³-hybridized carbons (Fsp3) is 0.250. The molecule has 2 aromatic carbocycles. The lowest BCUT2D eigenvalue weighted by atomic mass is 10.1. The van der Waals surface area contributed by atoms with Crippen LogP contribution in [0.15, 0.2) is 48.5 Å². The Morgan fingerprint density at radius 1 is 1.19 bits per heavy atom. The Hall–Kier alpha value is -2.38. The summed E-state index contributed by atoms with van der Waals surface area (Å²) in [4.78, 5) is 15.7. The molecule has 27 heavy (non-hydrogen) atoms. The number of rotatable bonds is 3. The Labute approximate surface area is 162 Å². The number of carbonyl (C=O) groups excluding carboxylic acids is 1. The monoisotopic (exact) mass is 400 g/mol. The van der Waals surface area contributed by atoms with Crippen molar-refractivity contribution in [3.8, 4) is 0 Å². The van der Waals surface area contributed by atoms with E-state index in [2.05, 4.69) is 13.0 Å². The molecule has 0 unspecified atom stereocenters. The molecule has 3 aromatic rings. The molecule has 0 saturated carbocycles. The Kier molecular flexibility index (Phi) is 4.24. The van der Waals surface area contributed by atoms with Crippen LogP contribution in [0.4, 0.5) is 11.4 Å². The summed E-state index contributed by atoms with van der Waals surface area (Å²) in [6, 6.07) is 15.4. The molecule has 2 heterocycles. The molecule has 0 radical (unpaired) electrons. The first-order valence-corrected chi connectivity index (χ1v) is 11.3. The summed E-state index contributed by atoms with van der Waals surface area (Å²) in [6.07, 6.45) is 2.03. The second-order valence-corrected chi connectivity index (χ2v) is 10.0. The summed E-state index contributed by atoms with van der Waals surface area (Å²) in [5.74, 6) is -0.00772. The molecule has 1 aliphatic rings. The first-order chi connectivity index (χ1) is 12.8. The topological polar surface area (TPSA) is 57.7 Å². The third-order valence-electron chi connectivity index (χ3n) is 5.00. The number of thiophene rings is 1. The normalized spacial score (nSPS) is 16.6. The third kappa shape index (κ3) is 3.11. The second kappa shape index (κ2) is 6.35. The summed E-state index contributed by atoms with van der Waals surface area (Å²) in [5, 5.41) is 0.872. The van der Waals surface area contributed by atoms with E-state index in [1.165, 1.54) is 34.5 Å². The van der Waals surface area contributed by atoms with Gasteiger partial charge in [-0.3, -0.25) is 9.10 Å². The number of anilines is 2. The van der Waals surface area contributed by atoms with Gasteiger partial charge in [-0.2, -0.15) is 0 Å². The lowest BCUT2D eigenvalue weighted by Crippen LogP contribution is -2.35. The van der Waals surface area contributed by atoms with Crippen molar-refractivity contribution in [2.75, 3.05) is 22.5 Å². The van der Waals surface area contributed by atoms with Crippen LogP contribution in [0.25, 0.3) is 10.1 Å². The molecule has 1 atom stereocenters. The van der Waals surface area contributed by atoms with Gasteiger partial charge in [-0.25, -0.2) is 8.42 Å². The summed E-state index contributed by atoms with van der Waals surface area (Å²) < 4.78 is 25.8. The predicted molar refractivity (Wildman–Crippen MR) is 111 cm³/mol. The fourth-order valence-corrected chi connectivity index (χ4v) is 4.99. The van der Waals surface area contributed by atoms with Gasteiger partial charge in [-0.1, -0.05) is 18.2 Å². The number of hydrogen-bond donors (Lipinski definition) is 0. The summed E-state index contributed by atoms with van der Waals surface area (Å²) in [6.45, 7) is 2.06. The molecule has 1 aliphatic heterocycles. The maximum Gasteiger partial charge on any atom is 0.268 e. The number of nitrogens with zero attached hydrogens (tertiary/aromatic N) is 2. The fourth-order valence-electron chi connectivity index (χ4n) is 3.52. The van der Waals surface area contributed by atoms with Crippen molar-refractivity contribution in [2.24, 2.45) is 0 Å². The predicted octanol–water partition coefficient (Wildman–Crippen LogP) is 3.89. The Bertz CT molecular complexity index is 1150. The number of sulfonamides is 1. The van der Waals surface area contributed by atoms with Crippen molar-refractivity contribution in [2.45, 2.75) is 19.4 Å². The van der Waals surface area contributed by atoms with Gasteiger partial charge in [0.15, 0.2) is 0 Å². The molecule has 0 fully saturated rings. The van der Waals surface area contributed by atoms with Gasteiger partial charge >= 0.3 is 0 Å². The van der Waals surface area contributed by atoms with Gasteiger partial charge < -0.3 is 4.90 Å². The van der Waals surface area contributed by atoms with Gasteiger partial charge in [0.1, 0.15) is 0 Å². The van der Waals surface area contributed by atoms with Crippen LogP contribution in [0.2, 0.25) is 0 Å². The first kappa shape index (κ1) is 18.0. The minimum Gasteiger partial charge on any atom is -0.304 e. The quantitative estimate of drug-likeness (QED) is 0.670. The average molecular weight is 401 g/mol. The van der Waals surface area contributed by atoms with Crippen LogP contribution in [0.5, 0.6) is 0 Å². The van der Waals surface area contributed by atoms with Gasteiger partial charge in [0, 0.05) is 23.5 Å². The van der Waals surface area contributed by atoms with Crippen LogP contribution in [0.1, 0.15) is 22.2 Å². The van der Waals surface area contributed by atoms with E-state index in [0.717, 1.165) is 22.2 Å². The van der Waals surface area contributed by atoms with E-state index in [4.69, 9.17) is 0 Å². The number of benzene rings is 2. The third-order valence-corrected chi connectivity index (χ3v) is 7.31. The van der Waals surface area contributed by atoms with E-state index >= 15 is 0 Å². The van der Waals surface area contributed by atoms with Crippen LogP contribution in [-0.4, -0.2) is 33.7 Å². The van der Waals surface area contributed by atoms with Gasteiger partial charge in [0.25, 0.3) is 5.91 Å². The molecule has 0 spiro atoms. The summed E-state index contributed by atoms with van der Waals surface area (Å²) in [5.41, 5.74) is 2.75. The molecule has 1 aromatic heterocycles. The van der Waals surface area contributed by atoms with Gasteiger partial charge in [-0.05, 0) is 54.6 Å². The van der Waals surface area contributed by atoms with Crippen molar-refractivity contribution in [3.05, 3.63) is 59.0 Å². The largest absolute Gasteiger partial charge is 0.304 e. The van der Waals surface area contributed by atoms with Crippen LogP contribution in [0.3, 0.4) is 0 Å². The van der Waals surface area contributed by atoms with Crippen molar-refractivity contribution < 1.29 is 13.2 Å². The molecule has 0 N–H and O–H groups in total. The van der Waals surface area contributed by atoms with Crippen molar-refractivity contribution in [1.82, 2.24) is 0 Å². The zero-order valence-corrected chi connectivity index (χ0v) is 17.0. The van der Waals surface area contributed by atoms with E-state index < -0.39 is 10.0 Å². The zero-order chi connectivity index (χ0) is 19.3. The van der Waals surface area contributed by atoms with Gasteiger partial charge in [-0.15, -0.1) is 11.3 Å². The van der Waals surface area contributed by atoms with Gasteiger partial charge in [0.2, 0.25) is 10.0 Å². The van der Waals surface area contributed by atoms with Crippen molar-refractivity contribution in [3.63, 3.8) is 0 Å².